The first-order valence-corrected chi connectivity index (χ1v) is 8.56. The largest absolute Gasteiger partial charge is 0.522 e. The van der Waals surface area contributed by atoms with Crippen LogP contribution in [0.25, 0.3) is 0 Å². The smallest absolute Gasteiger partial charge is 0.317 e. The van der Waals surface area contributed by atoms with Gasteiger partial charge in [0.2, 0.25) is 0 Å². The molecule has 0 bridgehead atoms. The topological polar surface area (TPSA) is 74.8 Å². The average molecular weight is 463 g/mol. The first kappa shape index (κ1) is 24.2. The van der Waals surface area contributed by atoms with Crippen LogP contribution in [-0.4, -0.2) is 60.0 Å². The molecule has 0 atom stereocenters. The normalized spacial score (nSPS) is 19.4. The molecular formula is C16H17ClF6N4O3. The van der Waals surface area contributed by atoms with E-state index < -0.39 is 48.9 Å². The summed E-state index contributed by atoms with van der Waals surface area (Å²) in [7, 11) is 0. The van der Waals surface area contributed by atoms with Gasteiger partial charge < -0.3 is 10.2 Å². The molecule has 2 aliphatic heterocycles. The van der Waals surface area contributed by atoms with Crippen molar-refractivity contribution in [1.29, 1.82) is 0 Å². The van der Waals surface area contributed by atoms with Crippen LogP contribution in [-0.2, 0) is 15.7 Å². The van der Waals surface area contributed by atoms with Crippen molar-refractivity contribution in [1.82, 2.24) is 15.2 Å². The monoisotopic (exact) mass is 462 g/mol. The Kier molecular flexibility index (Phi) is 6.89. The van der Waals surface area contributed by atoms with Crippen LogP contribution in [0.15, 0.2) is 18.3 Å². The summed E-state index contributed by atoms with van der Waals surface area (Å²) in [6, 6.07) is 0.625. The molecule has 3 heterocycles. The highest BCUT2D eigenvalue weighted by molar-refractivity contribution is 6.23. The van der Waals surface area contributed by atoms with E-state index in [4.69, 9.17) is 0 Å². The number of halogens is 7. The Morgan fingerprint density at radius 3 is 2.23 bits per heavy atom. The Hall–Kier alpha value is -2.12. The van der Waals surface area contributed by atoms with Gasteiger partial charge in [0.25, 0.3) is 5.91 Å². The van der Waals surface area contributed by atoms with Crippen LogP contribution in [0, 0.1) is 0 Å². The second-order valence-corrected chi connectivity index (χ2v) is 6.55. The highest BCUT2D eigenvalue weighted by atomic mass is 35.5. The van der Waals surface area contributed by atoms with Gasteiger partial charge in [-0.2, -0.15) is 13.2 Å². The molecular weight excluding hydrogens is 446 g/mol. The molecule has 0 unspecified atom stereocenters. The van der Waals surface area contributed by atoms with Gasteiger partial charge in [0.05, 0.1) is 18.5 Å². The maximum atomic E-state index is 13.1. The van der Waals surface area contributed by atoms with Crippen LogP contribution in [0.1, 0.15) is 18.5 Å². The van der Waals surface area contributed by atoms with E-state index in [0.29, 0.717) is 24.1 Å². The van der Waals surface area contributed by atoms with Gasteiger partial charge in [-0.1, -0.05) is 0 Å². The van der Waals surface area contributed by atoms with Crippen molar-refractivity contribution in [2.75, 3.05) is 31.1 Å². The van der Waals surface area contributed by atoms with Gasteiger partial charge in [-0.25, -0.2) is 14.7 Å². The third-order valence-electron chi connectivity index (χ3n) is 4.85. The fourth-order valence-corrected chi connectivity index (χ4v) is 3.51. The SMILES string of the molecule is Cl.O=C1N(c2ccc(C(F)(F)F)nc2)C(=O)C2(CCNCC2)N1CCOC(F)(F)F. The lowest BCUT2D eigenvalue weighted by atomic mass is 9.86. The molecule has 1 aromatic heterocycles. The lowest BCUT2D eigenvalue weighted by Crippen LogP contribution is -2.56. The second-order valence-electron chi connectivity index (χ2n) is 6.55. The number of carbonyl (C=O) groups is 2. The van der Waals surface area contributed by atoms with Crippen molar-refractivity contribution < 1.29 is 40.7 Å². The average Bonchev–Trinajstić information content (AvgIpc) is 2.82. The summed E-state index contributed by atoms with van der Waals surface area (Å²) < 4.78 is 78.7. The molecule has 3 rings (SSSR count). The van der Waals surface area contributed by atoms with E-state index in [1.807, 2.05) is 0 Å². The fourth-order valence-electron chi connectivity index (χ4n) is 3.51. The Bertz CT molecular complexity index is 781. The van der Waals surface area contributed by atoms with Crippen LogP contribution in [0.2, 0.25) is 0 Å². The highest BCUT2D eigenvalue weighted by Crippen LogP contribution is 2.38. The second kappa shape index (κ2) is 8.55. The number of aromatic nitrogens is 1. The van der Waals surface area contributed by atoms with Gasteiger partial charge in [0.1, 0.15) is 11.2 Å². The molecule has 0 aromatic carbocycles. The molecule has 2 aliphatic rings. The summed E-state index contributed by atoms with van der Waals surface area (Å²) in [5, 5.41) is 2.99. The van der Waals surface area contributed by atoms with E-state index >= 15 is 0 Å². The summed E-state index contributed by atoms with van der Waals surface area (Å²) in [6.07, 6.45) is -8.56. The molecule has 1 spiro atoms. The number of anilines is 1. The summed E-state index contributed by atoms with van der Waals surface area (Å²) in [5.74, 6) is -0.711. The summed E-state index contributed by atoms with van der Waals surface area (Å²) in [5.41, 5.74) is -2.78. The van der Waals surface area contributed by atoms with Crippen LogP contribution in [0.3, 0.4) is 0 Å². The summed E-state index contributed by atoms with van der Waals surface area (Å²) in [4.78, 5) is 30.8. The molecule has 1 aromatic rings. The number of urea groups is 1. The van der Waals surface area contributed by atoms with E-state index in [0.717, 1.165) is 17.2 Å². The Labute approximate surface area is 172 Å². The first-order valence-electron chi connectivity index (χ1n) is 8.56. The highest BCUT2D eigenvalue weighted by Gasteiger charge is 2.57. The molecule has 0 radical (unpaired) electrons. The predicted octanol–water partition coefficient (Wildman–Crippen LogP) is 2.95. The van der Waals surface area contributed by atoms with Gasteiger partial charge in [-0.05, 0) is 38.1 Å². The lowest BCUT2D eigenvalue weighted by Gasteiger charge is -2.38. The molecule has 0 aliphatic carbocycles. The van der Waals surface area contributed by atoms with Crippen molar-refractivity contribution in [3.05, 3.63) is 24.0 Å². The van der Waals surface area contributed by atoms with Crippen molar-refractivity contribution in [3.63, 3.8) is 0 Å². The zero-order valence-corrected chi connectivity index (χ0v) is 16.0. The molecule has 168 valence electrons. The number of carbonyl (C=O) groups excluding carboxylic acids is 2. The predicted molar refractivity (Wildman–Crippen MR) is 92.9 cm³/mol. The number of alkyl halides is 6. The fraction of sp³-hybridized carbons (Fsp3) is 0.562. The first-order chi connectivity index (χ1) is 13.5. The quantitative estimate of drug-likeness (QED) is 0.550. The van der Waals surface area contributed by atoms with Gasteiger partial charge in [0, 0.05) is 6.54 Å². The molecule has 0 saturated carbocycles. The number of nitrogens with one attached hydrogen (secondary N) is 1. The molecule has 30 heavy (non-hydrogen) atoms. The minimum atomic E-state index is -4.90. The van der Waals surface area contributed by atoms with Crippen molar-refractivity contribution in [2.45, 2.75) is 30.9 Å². The maximum Gasteiger partial charge on any atom is 0.522 e. The van der Waals surface area contributed by atoms with Gasteiger partial charge in [-0.15, -0.1) is 25.6 Å². The Morgan fingerprint density at radius 1 is 1.10 bits per heavy atom. The number of amides is 3. The molecule has 14 heteroatoms. The third kappa shape index (κ3) is 4.62. The number of ether oxygens (including phenoxy) is 1. The van der Waals surface area contributed by atoms with Crippen LogP contribution >= 0.6 is 12.4 Å². The molecule has 1 N–H and O–H groups in total. The van der Waals surface area contributed by atoms with Crippen molar-refractivity contribution in [2.24, 2.45) is 0 Å². The van der Waals surface area contributed by atoms with E-state index in [9.17, 15) is 35.9 Å². The van der Waals surface area contributed by atoms with Gasteiger partial charge in [-0.3, -0.25) is 9.53 Å². The van der Waals surface area contributed by atoms with Crippen molar-refractivity contribution in [3.8, 4) is 0 Å². The van der Waals surface area contributed by atoms with Crippen LogP contribution in [0.4, 0.5) is 36.8 Å². The number of piperidine rings is 1. The summed E-state index contributed by atoms with van der Waals surface area (Å²) >= 11 is 0. The number of rotatable bonds is 4. The van der Waals surface area contributed by atoms with Gasteiger partial charge >= 0.3 is 18.6 Å². The third-order valence-corrected chi connectivity index (χ3v) is 4.85. The number of imide groups is 1. The van der Waals surface area contributed by atoms with E-state index in [-0.39, 0.29) is 30.9 Å². The minimum absolute atomic E-state index is 0. The number of hydrogen-bond acceptors (Lipinski definition) is 5. The lowest BCUT2D eigenvalue weighted by molar-refractivity contribution is -0.325. The molecule has 2 fully saturated rings. The summed E-state index contributed by atoms with van der Waals surface area (Å²) in [6.45, 7) is -0.699. The van der Waals surface area contributed by atoms with E-state index in [1.54, 1.807) is 0 Å². The molecule has 3 amide bonds. The Morgan fingerprint density at radius 2 is 1.73 bits per heavy atom. The molecule has 2 saturated heterocycles. The standard InChI is InChI=1S/C16H16F6N4O3.ClH/c17-15(18,19)11-2-1-10(9-24-11)26-12(27)14(3-5-23-6-4-14)25(13(26)28)7-8-29-16(20,21)22;/h1-2,9,23H,3-8H2;1H. The van der Waals surface area contributed by atoms with Crippen LogP contribution in [0.5, 0.6) is 0 Å². The molecule has 7 nitrogen and oxygen atoms in total. The number of hydrogen-bond donors (Lipinski definition) is 1. The number of pyridine rings is 1. The van der Waals surface area contributed by atoms with Gasteiger partial charge in [0.15, 0.2) is 0 Å². The van der Waals surface area contributed by atoms with Crippen molar-refractivity contribution >= 4 is 30.0 Å². The Balaban J connectivity index is 0.00000320. The zero-order chi connectivity index (χ0) is 21.4. The maximum absolute atomic E-state index is 13.1. The van der Waals surface area contributed by atoms with Crippen LogP contribution < -0.4 is 10.2 Å². The van der Waals surface area contributed by atoms with E-state index in [2.05, 4.69) is 15.0 Å². The van der Waals surface area contributed by atoms with E-state index in [1.165, 1.54) is 0 Å². The zero-order valence-electron chi connectivity index (χ0n) is 15.2. The number of nitrogens with zero attached hydrogens (tertiary/aromatic N) is 3. The minimum Gasteiger partial charge on any atom is -0.317 e.